The summed E-state index contributed by atoms with van der Waals surface area (Å²) in [4.78, 5) is 21.8. The van der Waals surface area contributed by atoms with Gasteiger partial charge in [0, 0.05) is 16.5 Å². The van der Waals surface area contributed by atoms with E-state index in [1.165, 1.54) is 5.39 Å². The summed E-state index contributed by atoms with van der Waals surface area (Å²) < 4.78 is 2.35. The molecule has 6 heterocycles. The Balaban J connectivity index is 0.00000432. The van der Waals surface area contributed by atoms with E-state index in [1.807, 2.05) is 18.2 Å². The molecule has 5 nitrogen and oxygen atoms in total. The van der Waals surface area contributed by atoms with E-state index in [-0.39, 0.29) is 19.5 Å². The Hall–Kier alpha value is -7.66. The van der Waals surface area contributed by atoms with Crippen LogP contribution in [-0.4, -0.2) is 14.5 Å². The molecule has 2 aliphatic rings. The van der Waals surface area contributed by atoms with Crippen LogP contribution in [0.3, 0.4) is 0 Å². The van der Waals surface area contributed by atoms with E-state index in [0.29, 0.717) is 0 Å². The molecule has 6 aromatic carbocycles. The fraction of sp³-hybridized carbons (Fsp3) is 0. The first-order chi connectivity index (χ1) is 30.2. The predicted octanol–water partition coefficient (Wildman–Crippen LogP) is 13.7. The molecule has 8 bridgehead atoms. The topological polar surface area (TPSA) is 58.9 Å². The van der Waals surface area contributed by atoms with E-state index in [0.717, 1.165) is 111 Å². The summed E-state index contributed by atoms with van der Waals surface area (Å²) in [6.07, 6.45) is 8.49. The van der Waals surface area contributed by atoms with Gasteiger partial charge in [-0.2, -0.15) is 0 Å². The fourth-order valence-electron chi connectivity index (χ4n) is 9.07. The van der Waals surface area contributed by atoms with Crippen LogP contribution >= 0.6 is 0 Å². The van der Waals surface area contributed by atoms with Crippen LogP contribution in [0.5, 0.6) is 0 Å². The Labute approximate surface area is 371 Å². The van der Waals surface area contributed by atoms with Gasteiger partial charge in [-0.1, -0.05) is 158 Å². The minimum Gasteiger partial charge on any atom is -0.657 e. The van der Waals surface area contributed by atoms with Crippen LogP contribution < -0.4 is 9.97 Å². The molecule has 0 unspecified atom stereocenters. The first kappa shape index (κ1) is 37.4. The van der Waals surface area contributed by atoms with Crippen molar-refractivity contribution >= 4 is 68.2 Å². The van der Waals surface area contributed by atoms with Crippen molar-refractivity contribution in [2.75, 3.05) is 0 Å². The summed E-state index contributed by atoms with van der Waals surface area (Å²) in [6, 6.07) is 65.8. The average Bonchev–Trinajstić information content (AvgIpc) is 4.19. The molecular formula is C56H35N5Zn. The molecule has 0 fully saturated rings. The van der Waals surface area contributed by atoms with Gasteiger partial charge < -0.3 is 14.5 Å². The zero-order valence-electron chi connectivity index (χ0n) is 33.7. The molecule has 6 heteroatoms. The summed E-state index contributed by atoms with van der Waals surface area (Å²) in [5, 5.41) is 2.35. The maximum atomic E-state index is 5.50. The number of hydrogen-bond donors (Lipinski definition) is 0. The number of benzene rings is 6. The molecule has 0 radical (unpaired) electrons. The van der Waals surface area contributed by atoms with Crippen LogP contribution in [0.1, 0.15) is 22.8 Å². The molecule has 0 saturated carbocycles. The summed E-state index contributed by atoms with van der Waals surface area (Å²) in [5.41, 5.74) is 18.2. The van der Waals surface area contributed by atoms with E-state index >= 15 is 0 Å². The fourth-order valence-corrected chi connectivity index (χ4v) is 9.07. The second-order valence-corrected chi connectivity index (χ2v) is 15.4. The molecule has 0 spiro atoms. The van der Waals surface area contributed by atoms with E-state index < -0.39 is 0 Å². The largest absolute Gasteiger partial charge is 2.00 e. The first-order valence-corrected chi connectivity index (χ1v) is 20.6. The molecule has 62 heavy (non-hydrogen) atoms. The van der Waals surface area contributed by atoms with Gasteiger partial charge in [0.05, 0.1) is 33.8 Å². The predicted molar refractivity (Wildman–Crippen MR) is 253 cm³/mol. The number of para-hydroxylation sites is 2. The molecule has 10 aromatic rings. The van der Waals surface area contributed by atoms with E-state index in [4.69, 9.17) is 19.9 Å². The zero-order chi connectivity index (χ0) is 40.3. The SMILES string of the molecule is C1=Cc2nc1c(-c1ccccc1)c1ccc([n-]1)c(-c1ccccc1)c1nc(c(-c3ccc4c(c3)c3ccccc3n4-c3ccccc3)c3ccc([n-]3)c2-c2ccccc2)C=C1.[Zn+2]. The molecular weight excluding hydrogens is 808 g/mol. The van der Waals surface area contributed by atoms with Crippen LogP contribution in [0.15, 0.2) is 188 Å². The standard InChI is InChI=1S/C56H35N5.Zn/c1-5-15-36(16-6-1)53-43-26-28-45(57-43)54(37-17-7-2-8-18-37)47-30-32-49(59-47)56(50-33-31-48(60-50)55(38-19-9-3-10-20-38)46-29-27-44(53)58-46)39-25-34-52-42(35-39)41-23-13-14-24-51(41)61(52)40-21-11-4-12-22-40;/h1-35H;/q-2;+2. The van der Waals surface area contributed by atoms with Crippen molar-refractivity contribution in [1.82, 2.24) is 24.5 Å². The number of fused-ring (bicyclic) bond motifs is 11. The third-order valence-electron chi connectivity index (χ3n) is 11.8. The van der Waals surface area contributed by atoms with Crippen LogP contribution in [-0.2, 0) is 19.5 Å². The zero-order valence-corrected chi connectivity index (χ0v) is 36.6. The maximum Gasteiger partial charge on any atom is 2.00 e. The van der Waals surface area contributed by atoms with Gasteiger partial charge in [-0.3, -0.25) is 0 Å². The number of hydrogen-bond acceptors (Lipinski definition) is 2. The second kappa shape index (κ2) is 15.4. The van der Waals surface area contributed by atoms with Crippen LogP contribution in [0, 0.1) is 0 Å². The summed E-state index contributed by atoms with van der Waals surface area (Å²) in [5.74, 6) is 0. The Morgan fingerprint density at radius 3 is 1.15 bits per heavy atom. The van der Waals surface area contributed by atoms with Gasteiger partial charge in [0.15, 0.2) is 0 Å². The van der Waals surface area contributed by atoms with Crippen molar-refractivity contribution in [3.63, 3.8) is 0 Å². The molecule has 4 aromatic heterocycles. The van der Waals surface area contributed by atoms with Crippen molar-refractivity contribution in [2.45, 2.75) is 0 Å². The number of aromatic nitrogens is 5. The average molecular weight is 843 g/mol. The van der Waals surface area contributed by atoms with Gasteiger partial charge in [-0.05, 0) is 99.1 Å². The van der Waals surface area contributed by atoms with E-state index in [1.54, 1.807) is 0 Å². The Morgan fingerprint density at radius 1 is 0.323 bits per heavy atom. The monoisotopic (exact) mass is 841 g/mol. The summed E-state index contributed by atoms with van der Waals surface area (Å²) in [7, 11) is 0. The third kappa shape index (κ3) is 6.27. The van der Waals surface area contributed by atoms with Gasteiger partial charge in [0.1, 0.15) is 0 Å². The van der Waals surface area contributed by atoms with Gasteiger partial charge in [-0.15, -0.1) is 22.1 Å². The van der Waals surface area contributed by atoms with Gasteiger partial charge in [0.25, 0.3) is 0 Å². The third-order valence-corrected chi connectivity index (χ3v) is 11.8. The molecule has 0 N–H and O–H groups in total. The van der Waals surface area contributed by atoms with Gasteiger partial charge >= 0.3 is 19.5 Å². The first-order valence-electron chi connectivity index (χ1n) is 20.6. The van der Waals surface area contributed by atoms with Crippen LogP contribution in [0.25, 0.3) is 118 Å². The molecule has 286 valence electrons. The second-order valence-electron chi connectivity index (χ2n) is 15.4. The van der Waals surface area contributed by atoms with E-state index in [2.05, 4.69) is 199 Å². The van der Waals surface area contributed by atoms with Crippen molar-refractivity contribution in [3.8, 4) is 50.2 Å². The smallest absolute Gasteiger partial charge is 0.657 e. The quantitative estimate of drug-likeness (QED) is 0.162. The van der Waals surface area contributed by atoms with Crippen molar-refractivity contribution < 1.29 is 19.5 Å². The van der Waals surface area contributed by atoms with Gasteiger partial charge in [0.2, 0.25) is 0 Å². The Morgan fingerprint density at radius 2 is 0.694 bits per heavy atom. The normalized spacial score (nSPS) is 11.9. The van der Waals surface area contributed by atoms with E-state index in [9.17, 15) is 0 Å². The summed E-state index contributed by atoms with van der Waals surface area (Å²) in [6.45, 7) is 0. The molecule has 0 atom stereocenters. The van der Waals surface area contributed by atoms with Crippen molar-refractivity contribution in [1.29, 1.82) is 0 Å². The summed E-state index contributed by atoms with van der Waals surface area (Å²) >= 11 is 0. The number of nitrogens with zero attached hydrogens (tertiary/aromatic N) is 5. The Bertz CT molecular complexity index is 3520. The van der Waals surface area contributed by atoms with Gasteiger partial charge in [-0.25, -0.2) is 9.97 Å². The van der Waals surface area contributed by atoms with Crippen LogP contribution in [0.4, 0.5) is 0 Å². The maximum absolute atomic E-state index is 5.50. The van der Waals surface area contributed by atoms with Crippen LogP contribution in [0.2, 0.25) is 0 Å². The molecule has 12 rings (SSSR count). The van der Waals surface area contributed by atoms with Crippen molar-refractivity contribution in [3.05, 3.63) is 211 Å². The minimum absolute atomic E-state index is 0. The molecule has 0 amide bonds. The molecule has 0 aliphatic carbocycles. The molecule has 2 aliphatic heterocycles. The minimum atomic E-state index is 0. The number of rotatable bonds is 5. The van der Waals surface area contributed by atoms with Crippen molar-refractivity contribution in [2.24, 2.45) is 0 Å². The molecule has 0 saturated heterocycles. The Kier molecular flexibility index (Phi) is 9.29.